The highest BCUT2D eigenvalue weighted by Gasteiger charge is 2.47. The van der Waals surface area contributed by atoms with Crippen molar-refractivity contribution in [1.82, 2.24) is 9.88 Å². The number of benzene rings is 1. The molecule has 156 valence electrons. The minimum Gasteiger partial charge on any atom is -0.506 e. The van der Waals surface area contributed by atoms with Crippen LogP contribution in [0.3, 0.4) is 0 Å². The van der Waals surface area contributed by atoms with Gasteiger partial charge in [0.2, 0.25) is 0 Å². The predicted octanol–water partition coefficient (Wildman–Crippen LogP) is 3.66. The van der Waals surface area contributed by atoms with Crippen molar-refractivity contribution in [2.75, 3.05) is 19.6 Å². The standard InChI is InChI=1S/C22H25F3N2O2/c23-22(24,25)18-3-1-15(2-4-18)9-21(29)10-16-13-27(14-17(16)11-21)8-7-19-5-6-20(28)12-26-19/h1-6,12,16-17,28-29H,7-11,13-14H2/t16-,17+,21?. The summed E-state index contributed by atoms with van der Waals surface area (Å²) in [4.78, 5) is 6.61. The monoisotopic (exact) mass is 406 g/mol. The zero-order chi connectivity index (χ0) is 20.6. The lowest BCUT2D eigenvalue weighted by atomic mass is 9.91. The number of aromatic hydroxyl groups is 1. The third-order valence-corrected chi connectivity index (χ3v) is 6.24. The highest BCUT2D eigenvalue weighted by Crippen LogP contribution is 2.45. The minimum atomic E-state index is -4.33. The van der Waals surface area contributed by atoms with Crippen molar-refractivity contribution in [1.29, 1.82) is 0 Å². The second-order valence-electron chi connectivity index (χ2n) is 8.54. The fourth-order valence-corrected chi connectivity index (χ4v) is 4.91. The van der Waals surface area contributed by atoms with Gasteiger partial charge in [-0.05, 0) is 54.5 Å². The van der Waals surface area contributed by atoms with Crippen LogP contribution in [0.4, 0.5) is 13.2 Å². The number of aromatic nitrogens is 1. The zero-order valence-electron chi connectivity index (χ0n) is 16.1. The first kappa shape index (κ1) is 20.2. The van der Waals surface area contributed by atoms with Crippen LogP contribution in [0.1, 0.15) is 29.7 Å². The summed E-state index contributed by atoms with van der Waals surface area (Å²) < 4.78 is 38.1. The normalized spacial score (nSPS) is 27.3. The van der Waals surface area contributed by atoms with Gasteiger partial charge in [-0.25, -0.2) is 0 Å². The average molecular weight is 406 g/mol. The molecule has 1 aliphatic carbocycles. The molecule has 1 saturated carbocycles. The average Bonchev–Trinajstić information content (AvgIpc) is 3.15. The molecule has 1 aliphatic heterocycles. The second-order valence-corrected chi connectivity index (χ2v) is 8.54. The van der Waals surface area contributed by atoms with Gasteiger partial charge in [-0.15, -0.1) is 0 Å². The van der Waals surface area contributed by atoms with Crippen LogP contribution in [0.2, 0.25) is 0 Å². The second kappa shape index (κ2) is 7.61. The van der Waals surface area contributed by atoms with Crippen LogP contribution < -0.4 is 0 Å². The molecule has 0 amide bonds. The maximum absolute atomic E-state index is 12.7. The molecule has 2 aromatic rings. The van der Waals surface area contributed by atoms with Crippen molar-refractivity contribution < 1.29 is 23.4 Å². The Morgan fingerprint density at radius 3 is 2.24 bits per heavy atom. The molecule has 1 aromatic carbocycles. The first-order chi connectivity index (χ1) is 13.7. The van der Waals surface area contributed by atoms with E-state index in [1.165, 1.54) is 18.3 Å². The van der Waals surface area contributed by atoms with Crippen molar-refractivity contribution in [3.8, 4) is 5.75 Å². The molecule has 4 rings (SSSR count). The van der Waals surface area contributed by atoms with Gasteiger partial charge in [0.25, 0.3) is 0 Å². The van der Waals surface area contributed by atoms with Crippen molar-refractivity contribution in [2.24, 2.45) is 11.8 Å². The summed E-state index contributed by atoms with van der Waals surface area (Å²) in [5, 5.41) is 20.3. The number of hydrogen-bond acceptors (Lipinski definition) is 4. The van der Waals surface area contributed by atoms with E-state index >= 15 is 0 Å². The van der Waals surface area contributed by atoms with E-state index in [-0.39, 0.29) is 5.75 Å². The van der Waals surface area contributed by atoms with Gasteiger partial charge in [0, 0.05) is 38.2 Å². The van der Waals surface area contributed by atoms with Crippen molar-refractivity contribution in [3.05, 3.63) is 59.4 Å². The highest BCUT2D eigenvalue weighted by atomic mass is 19.4. The molecule has 0 bridgehead atoms. The molecule has 2 heterocycles. The Bertz CT molecular complexity index is 823. The van der Waals surface area contributed by atoms with Gasteiger partial charge < -0.3 is 15.1 Å². The van der Waals surface area contributed by atoms with Crippen LogP contribution in [0.5, 0.6) is 5.75 Å². The van der Waals surface area contributed by atoms with Gasteiger partial charge in [0.15, 0.2) is 0 Å². The van der Waals surface area contributed by atoms with E-state index in [4.69, 9.17) is 0 Å². The highest BCUT2D eigenvalue weighted by molar-refractivity contribution is 5.26. The van der Waals surface area contributed by atoms with E-state index in [2.05, 4.69) is 9.88 Å². The number of likely N-dealkylation sites (tertiary alicyclic amines) is 1. The van der Waals surface area contributed by atoms with E-state index in [9.17, 15) is 23.4 Å². The Morgan fingerprint density at radius 2 is 1.69 bits per heavy atom. The molecule has 2 fully saturated rings. The first-order valence-corrected chi connectivity index (χ1v) is 9.95. The number of aliphatic hydroxyl groups is 1. The Hall–Kier alpha value is -2.12. The topological polar surface area (TPSA) is 56.6 Å². The molecular formula is C22H25F3N2O2. The van der Waals surface area contributed by atoms with E-state index in [0.717, 1.165) is 49.4 Å². The molecule has 7 heteroatoms. The number of hydrogen-bond donors (Lipinski definition) is 2. The van der Waals surface area contributed by atoms with E-state index in [1.54, 1.807) is 6.07 Å². The van der Waals surface area contributed by atoms with Gasteiger partial charge in [-0.1, -0.05) is 12.1 Å². The molecule has 1 aromatic heterocycles. The Balaban J connectivity index is 1.29. The van der Waals surface area contributed by atoms with Crippen molar-refractivity contribution >= 4 is 0 Å². The maximum Gasteiger partial charge on any atom is 0.416 e. The lowest BCUT2D eigenvalue weighted by Gasteiger charge is -2.26. The van der Waals surface area contributed by atoms with Gasteiger partial charge in [0.1, 0.15) is 5.75 Å². The molecule has 2 aliphatic rings. The van der Waals surface area contributed by atoms with Crippen molar-refractivity contribution in [3.63, 3.8) is 0 Å². The molecule has 3 atom stereocenters. The summed E-state index contributed by atoms with van der Waals surface area (Å²) in [6, 6.07) is 8.61. The van der Waals surface area contributed by atoms with E-state index in [1.807, 2.05) is 6.07 Å². The Morgan fingerprint density at radius 1 is 1.03 bits per heavy atom. The number of halogens is 3. The Labute approximate surface area is 168 Å². The van der Waals surface area contributed by atoms with Crippen LogP contribution in [0.25, 0.3) is 0 Å². The lowest BCUT2D eigenvalue weighted by Crippen LogP contribution is -2.32. The Kier molecular flexibility index (Phi) is 5.29. The van der Waals surface area contributed by atoms with Crippen LogP contribution in [0.15, 0.2) is 42.6 Å². The third kappa shape index (κ3) is 4.73. The van der Waals surface area contributed by atoms with Crippen LogP contribution in [0, 0.1) is 11.8 Å². The van der Waals surface area contributed by atoms with Crippen LogP contribution in [-0.2, 0) is 19.0 Å². The minimum absolute atomic E-state index is 0.164. The number of pyridine rings is 1. The molecule has 2 N–H and O–H groups in total. The predicted molar refractivity (Wildman–Crippen MR) is 102 cm³/mol. The van der Waals surface area contributed by atoms with E-state index in [0.29, 0.717) is 31.1 Å². The molecule has 4 nitrogen and oxygen atoms in total. The molecule has 0 radical (unpaired) electrons. The maximum atomic E-state index is 12.7. The first-order valence-electron chi connectivity index (χ1n) is 9.95. The largest absolute Gasteiger partial charge is 0.506 e. The number of alkyl halides is 3. The number of nitrogens with zero attached hydrogens (tertiary/aromatic N) is 2. The smallest absolute Gasteiger partial charge is 0.416 e. The fourth-order valence-electron chi connectivity index (χ4n) is 4.91. The number of fused-ring (bicyclic) bond motifs is 1. The summed E-state index contributed by atoms with van der Waals surface area (Å²) >= 11 is 0. The van der Waals surface area contributed by atoms with Gasteiger partial charge >= 0.3 is 6.18 Å². The summed E-state index contributed by atoms with van der Waals surface area (Å²) in [7, 11) is 0. The molecule has 29 heavy (non-hydrogen) atoms. The molecular weight excluding hydrogens is 381 g/mol. The lowest BCUT2D eigenvalue weighted by molar-refractivity contribution is -0.137. The summed E-state index contributed by atoms with van der Waals surface area (Å²) in [5.74, 6) is 1.00. The summed E-state index contributed by atoms with van der Waals surface area (Å²) in [6.45, 7) is 2.75. The van der Waals surface area contributed by atoms with Gasteiger partial charge in [-0.3, -0.25) is 4.98 Å². The molecule has 1 saturated heterocycles. The molecule has 0 spiro atoms. The summed E-state index contributed by atoms with van der Waals surface area (Å²) in [5.41, 5.74) is 0.198. The van der Waals surface area contributed by atoms with Crippen LogP contribution >= 0.6 is 0 Å². The summed E-state index contributed by atoms with van der Waals surface area (Å²) in [6.07, 6.45) is -0.293. The quantitative estimate of drug-likeness (QED) is 0.796. The van der Waals surface area contributed by atoms with Gasteiger partial charge in [0.05, 0.1) is 17.4 Å². The third-order valence-electron chi connectivity index (χ3n) is 6.24. The van der Waals surface area contributed by atoms with Gasteiger partial charge in [-0.2, -0.15) is 13.2 Å². The number of rotatable bonds is 5. The zero-order valence-corrected chi connectivity index (χ0v) is 16.1. The van der Waals surface area contributed by atoms with E-state index < -0.39 is 17.3 Å². The van der Waals surface area contributed by atoms with Crippen molar-refractivity contribution in [2.45, 2.75) is 37.5 Å². The fraction of sp³-hybridized carbons (Fsp3) is 0.500. The van der Waals surface area contributed by atoms with Crippen LogP contribution in [-0.4, -0.2) is 45.3 Å². The SMILES string of the molecule is Oc1ccc(CCN2C[C@@H]3CC(O)(Cc4ccc(C(F)(F)F)cc4)C[C@@H]3C2)nc1. The molecule has 1 unspecified atom stereocenters.